The molecule has 6 nitrogen and oxygen atoms in total. The summed E-state index contributed by atoms with van der Waals surface area (Å²) in [5, 5.41) is 11.3. The van der Waals surface area contributed by atoms with Gasteiger partial charge in [-0.05, 0) is 20.8 Å². The Hall–Kier alpha value is -1.53. The van der Waals surface area contributed by atoms with Gasteiger partial charge in [-0.3, -0.25) is 4.39 Å². The normalized spacial score (nSPS) is 23.9. The van der Waals surface area contributed by atoms with E-state index in [2.05, 4.69) is 5.32 Å². The average Bonchev–Trinajstić information content (AvgIpc) is 2.57. The van der Waals surface area contributed by atoms with E-state index in [1.54, 1.807) is 20.8 Å². The Kier molecular flexibility index (Phi) is 4.37. The smallest absolute Gasteiger partial charge is 0.407 e. The second kappa shape index (κ2) is 5.41. The average molecular weight is 262 g/mol. The molecule has 0 aliphatic carbocycles. The van der Waals surface area contributed by atoms with Crippen molar-refractivity contribution in [1.82, 2.24) is 10.2 Å². The third-order valence-corrected chi connectivity index (χ3v) is 2.61. The summed E-state index contributed by atoms with van der Waals surface area (Å²) in [7, 11) is 0. The molecule has 18 heavy (non-hydrogen) atoms. The van der Waals surface area contributed by atoms with E-state index in [4.69, 9.17) is 9.84 Å². The molecule has 2 amide bonds. The summed E-state index contributed by atoms with van der Waals surface area (Å²) in [6.45, 7) is 4.66. The Morgan fingerprint density at radius 1 is 1.44 bits per heavy atom. The zero-order valence-corrected chi connectivity index (χ0v) is 10.8. The molecule has 0 aromatic rings. The van der Waals surface area contributed by atoms with E-state index in [1.165, 1.54) is 0 Å². The van der Waals surface area contributed by atoms with Gasteiger partial charge >= 0.3 is 12.2 Å². The number of rotatable bonds is 2. The van der Waals surface area contributed by atoms with E-state index < -0.39 is 36.4 Å². The molecular weight excluding hydrogens is 243 g/mol. The molecule has 2 N–H and O–H groups in total. The van der Waals surface area contributed by atoms with Crippen molar-refractivity contribution in [2.45, 2.75) is 32.4 Å². The number of nitrogens with one attached hydrogen (secondary N) is 1. The van der Waals surface area contributed by atoms with Crippen molar-refractivity contribution in [3.05, 3.63) is 0 Å². The van der Waals surface area contributed by atoms with Crippen LogP contribution in [0.1, 0.15) is 20.8 Å². The third-order valence-electron chi connectivity index (χ3n) is 2.61. The van der Waals surface area contributed by atoms with Crippen LogP contribution in [0.15, 0.2) is 0 Å². The van der Waals surface area contributed by atoms with Gasteiger partial charge in [0, 0.05) is 19.0 Å². The molecule has 104 valence electrons. The molecule has 0 bridgehead atoms. The minimum absolute atomic E-state index is 0.0865. The monoisotopic (exact) mass is 262 g/mol. The second-order valence-electron chi connectivity index (χ2n) is 5.35. The predicted octanol–water partition coefficient (Wildman–Crippen LogP) is 1.46. The zero-order valence-electron chi connectivity index (χ0n) is 10.8. The van der Waals surface area contributed by atoms with Gasteiger partial charge in [0.2, 0.25) is 0 Å². The molecule has 1 aliphatic heterocycles. The molecule has 1 rings (SSSR count). The number of likely N-dealkylation sites (tertiary alicyclic amines) is 1. The van der Waals surface area contributed by atoms with Crippen molar-refractivity contribution in [3.63, 3.8) is 0 Å². The summed E-state index contributed by atoms with van der Waals surface area (Å²) in [4.78, 5) is 23.4. The Morgan fingerprint density at radius 2 is 2.06 bits per heavy atom. The molecule has 7 heteroatoms. The number of hydrogen-bond donors (Lipinski definition) is 2. The number of carboxylic acid groups (broad SMARTS) is 1. The molecule has 0 aromatic carbocycles. The summed E-state index contributed by atoms with van der Waals surface area (Å²) in [5.41, 5.74) is -0.639. The van der Waals surface area contributed by atoms with Crippen LogP contribution in [0.5, 0.6) is 0 Å². The van der Waals surface area contributed by atoms with Gasteiger partial charge in [0.1, 0.15) is 5.60 Å². The lowest BCUT2D eigenvalue weighted by Gasteiger charge is -2.23. The van der Waals surface area contributed by atoms with Gasteiger partial charge in [-0.2, -0.15) is 0 Å². The van der Waals surface area contributed by atoms with Gasteiger partial charge < -0.3 is 20.1 Å². The lowest BCUT2D eigenvalue weighted by Crippen LogP contribution is -2.44. The number of carbonyl (C=O) groups excluding carboxylic acids is 1. The fourth-order valence-corrected chi connectivity index (χ4v) is 1.81. The van der Waals surface area contributed by atoms with Crippen LogP contribution in [0.4, 0.5) is 14.0 Å². The first-order valence-corrected chi connectivity index (χ1v) is 5.76. The molecule has 1 heterocycles. The minimum atomic E-state index is -1.11. The van der Waals surface area contributed by atoms with Gasteiger partial charge in [0.25, 0.3) is 0 Å². The highest BCUT2D eigenvalue weighted by Crippen LogP contribution is 2.18. The second-order valence-corrected chi connectivity index (χ2v) is 5.35. The van der Waals surface area contributed by atoms with Gasteiger partial charge in [0.15, 0.2) is 0 Å². The van der Waals surface area contributed by atoms with Gasteiger partial charge in [-0.1, -0.05) is 0 Å². The van der Waals surface area contributed by atoms with Crippen LogP contribution in [-0.2, 0) is 4.74 Å². The molecular formula is C11H19FN2O4. The molecule has 0 radical (unpaired) electrons. The lowest BCUT2D eigenvalue weighted by molar-refractivity contribution is 0.0492. The number of amides is 2. The molecule has 0 aromatic heterocycles. The number of alkyl halides is 1. The third kappa shape index (κ3) is 4.05. The van der Waals surface area contributed by atoms with Gasteiger partial charge in [0.05, 0.1) is 12.7 Å². The minimum Gasteiger partial charge on any atom is -0.465 e. The molecule has 1 saturated heterocycles. The summed E-state index contributed by atoms with van der Waals surface area (Å²) in [6, 6.07) is -0.541. The maximum absolute atomic E-state index is 12.8. The molecule has 0 spiro atoms. The van der Waals surface area contributed by atoms with Crippen molar-refractivity contribution >= 4 is 12.2 Å². The van der Waals surface area contributed by atoms with Gasteiger partial charge in [-0.15, -0.1) is 0 Å². The fraction of sp³-hybridized carbons (Fsp3) is 0.818. The Bertz CT molecular complexity index is 329. The Morgan fingerprint density at radius 3 is 2.50 bits per heavy atom. The highest BCUT2D eigenvalue weighted by Gasteiger charge is 2.36. The van der Waals surface area contributed by atoms with Crippen LogP contribution in [-0.4, -0.2) is 53.6 Å². The Labute approximate surface area is 105 Å². The first kappa shape index (κ1) is 14.5. The van der Waals surface area contributed by atoms with Crippen molar-refractivity contribution < 1.29 is 23.8 Å². The Balaban J connectivity index is 2.55. The van der Waals surface area contributed by atoms with E-state index in [9.17, 15) is 14.0 Å². The van der Waals surface area contributed by atoms with E-state index in [-0.39, 0.29) is 13.1 Å². The number of nitrogens with zero attached hydrogens (tertiary/aromatic N) is 1. The topological polar surface area (TPSA) is 78.9 Å². The SMILES string of the molecule is CC(C)(C)OC(=O)N[C@@H]1CN(C(=O)O)C[C@H]1CF. The van der Waals surface area contributed by atoms with E-state index in [0.29, 0.717) is 0 Å². The molecule has 0 saturated carbocycles. The fourth-order valence-electron chi connectivity index (χ4n) is 1.81. The van der Waals surface area contributed by atoms with Crippen LogP contribution in [0.3, 0.4) is 0 Å². The van der Waals surface area contributed by atoms with Crippen LogP contribution in [0.2, 0.25) is 0 Å². The van der Waals surface area contributed by atoms with E-state index >= 15 is 0 Å². The number of carbonyl (C=O) groups is 2. The maximum atomic E-state index is 12.8. The largest absolute Gasteiger partial charge is 0.465 e. The quantitative estimate of drug-likeness (QED) is 0.789. The van der Waals surface area contributed by atoms with Crippen LogP contribution >= 0.6 is 0 Å². The summed E-state index contributed by atoms with van der Waals surface area (Å²) < 4.78 is 17.8. The molecule has 1 fully saturated rings. The van der Waals surface area contributed by atoms with Crippen molar-refractivity contribution in [2.24, 2.45) is 5.92 Å². The first-order chi connectivity index (χ1) is 8.23. The van der Waals surface area contributed by atoms with Crippen molar-refractivity contribution in [2.75, 3.05) is 19.8 Å². The van der Waals surface area contributed by atoms with E-state index in [1.807, 2.05) is 0 Å². The lowest BCUT2D eigenvalue weighted by atomic mass is 10.1. The van der Waals surface area contributed by atoms with Crippen molar-refractivity contribution in [1.29, 1.82) is 0 Å². The van der Waals surface area contributed by atoms with Crippen LogP contribution < -0.4 is 5.32 Å². The number of alkyl carbamates (subject to hydrolysis) is 1. The molecule has 1 aliphatic rings. The maximum Gasteiger partial charge on any atom is 0.407 e. The molecule has 0 unspecified atom stereocenters. The number of hydrogen-bond acceptors (Lipinski definition) is 3. The van der Waals surface area contributed by atoms with E-state index in [0.717, 1.165) is 4.90 Å². The van der Waals surface area contributed by atoms with Gasteiger partial charge in [-0.25, -0.2) is 9.59 Å². The molecule has 2 atom stereocenters. The van der Waals surface area contributed by atoms with Crippen LogP contribution in [0, 0.1) is 5.92 Å². The zero-order chi connectivity index (χ0) is 13.9. The first-order valence-electron chi connectivity index (χ1n) is 5.76. The highest BCUT2D eigenvalue weighted by molar-refractivity contribution is 5.69. The summed E-state index contributed by atoms with van der Waals surface area (Å²) in [6.07, 6.45) is -1.76. The summed E-state index contributed by atoms with van der Waals surface area (Å²) in [5.74, 6) is -0.520. The van der Waals surface area contributed by atoms with Crippen LogP contribution in [0.25, 0.3) is 0 Å². The standard InChI is InChI=1S/C11H19FN2O4/c1-11(2,3)18-9(15)13-8-6-14(10(16)17)5-7(8)4-12/h7-8H,4-6H2,1-3H3,(H,13,15)(H,16,17)/t7-,8-/m1/s1. The number of ether oxygens (including phenoxy) is 1. The predicted molar refractivity (Wildman–Crippen MR) is 62.2 cm³/mol. The highest BCUT2D eigenvalue weighted by atomic mass is 19.1. The van der Waals surface area contributed by atoms with Crippen molar-refractivity contribution in [3.8, 4) is 0 Å². The number of halogens is 1. The summed E-state index contributed by atoms with van der Waals surface area (Å²) >= 11 is 0.